The van der Waals surface area contributed by atoms with E-state index in [0.29, 0.717) is 13.8 Å². The van der Waals surface area contributed by atoms with Crippen LogP contribution in [-0.4, -0.2) is 57.1 Å². The SMILES string of the molecule is CC(C)(OC(=O)Nc1ccc2c(c1)N(S(=O)(=O)c1ccc(F)cc1)CC(CNC(=O)C1(F)CC1)O2)C(F)(F)F. The van der Waals surface area contributed by atoms with Crippen molar-refractivity contribution < 1.29 is 49.4 Å². The summed E-state index contributed by atoms with van der Waals surface area (Å²) in [6.45, 7) is 0.716. The molecule has 1 aliphatic carbocycles. The van der Waals surface area contributed by atoms with Crippen molar-refractivity contribution in [3.8, 4) is 5.75 Å². The maximum Gasteiger partial charge on any atom is 0.427 e. The summed E-state index contributed by atoms with van der Waals surface area (Å²) in [7, 11) is -4.37. The molecule has 1 aliphatic heterocycles. The van der Waals surface area contributed by atoms with Gasteiger partial charge in [-0.25, -0.2) is 22.0 Å². The van der Waals surface area contributed by atoms with E-state index < -0.39 is 51.4 Å². The second-order valence-corrected chi connectivity index (χ2v) is 11.5. The summed E-state index contributed by atoms with van der Waals surface area (Å²) in [5.74, 6) is -1.53. The van der Waals surface area contributed by atoms with Crippen LogP contribution in [0.2, 0.25) is 0 Å². The van der Waals surface area contributed by atoms with Crippen molar-refractivity contribution in [3.05, 3.63) is 48.3 Å². The van der Waals surface area contributed by atoms with E-state index in [-0.39, 0.29) is 48.0 Å². The minimum Gasteiger partial charge on any atom is -0.484 e. The third kappa shape index (κ3) is 6.02. The molecule has 1 fully saturated rings. The third-order valence-corrected chi connectivity index (χ3v) is 7.95. The number of nitrogens with zero attached hydrogens (tertiary/aromatic N) is 1. The van der Waals surface area contributed by atoms with Crippen molar-refractivity contribution in [2.45, 2.75) is 55.1 Å². The fraction of sp³-hybridized carbons (Fsp3) is 0.417. The number of anilines is 2. The molecule has 2 N–H and O–H groups in total. The first-order valence-electron chi connectivity index (χ1n) is 11.6. The van der Waals surface area contributed by atoms with E-state index in [1.165, 1.54) is 12.1 Å². The maximum atomic E-state index is 14.0. The second-order valence-electron chi connectivity index (χ2n) is 9.61. The molecular weight excluding hydrogens is 553 g/mol. The number of carbonyl (C=O) groups excluding carboxylic acids is 2. The highest BCUT2D eigenvalue weighted by Crippen LogP contribution is 2.41. The first kappa shape index (κ1) is 28.4. The van der Waals surface area contributed by atoms with Gasteiger partial charge in [-0.15, -0.1) is 0 Å². The smallest absolute Gasteiger partial charge is 0.427 e. The fourth-order valence-corrected chi connectivity index (χ4v) is 5.09. The molecule has 39 heavy (non-hydrogen) atoms. The summed E-state index contributed by atoms with van der Waals surface area (Å²) in [6.07, 6.45) is -7.09. The van der Waals surface area contributed by atoms with E-state index in [1.807, 2.05) is 0 Å². The average molecular weight is 578 g/mol. The van der Waals surface area contributed by atoms with Gasteiger partial charge in [-0.3, -0.25) is 14.4 Å². The Morgan fingerprint density at radius 2 is 1.77 bits per heavy atom. The van der Waals surface area contributed by atoms with Gasteiger partial charge in [0.15, 0.2) is 5.67 Å². The minimum atomic E-state index is -4.85. The number of ether oxygens (including phenoxy) is 2. The molecule has 1 saturated carbocycles. The van der Waals surface area contributed by atoms with Crippen LogP contribution in [0.4, 0.5) is 38.1 Å². The zero-order valence-corrected chi connectivity index (χ0v) is 21.5. The molecule has 2 aromatic carbocycles. The highest BCUT2D eigenvalue weighted by atomic mass is 32.2. The summed E-state index contributed by atoms with van der Waals surface area (Å²) < 4.78 is 105. The van der Waals surface area contributed by atoms with Gasteiger partial charge in [0.1, 0.15) is 17.7 Å². The van der Waals surface area contributed by atoms with Crippen molar-refractivity contribution in [1.29, 1.82) is 0 Å². The summed E-state index contributed by atoms with van der Waals surface area (Å²) >= 11 is 0. The van der Waals surface area contributed by atoms with Crippen LogP contribution in [0.1, 0.15) is 26.7 Å². The highest BCUT2D eigenvalue weighted by Gasteiger charge is 2.52. The van der Waals surface area contributed by atoms with Crippen LogP contribution in [0, 0.1) is 5.82 Å². The Bertz CT molecular complexity index is 1380. The van der Waals surface area contributed by atoms with Crippen molar-refractivity contribution in [1.82, 2.24) is 5.32 Å². The molecule has 0 bridgehead atoms. The molecule has 212 valence electrons. The first-order chi connectivity index (χ1) is 18.0. The van der Waals surface area contributed by atoms with Crippen LogP contribution in [-0.2, 0) is 19.6 Å². The molecule has 4 rings (SSSR count). The van der Waals surface area contributed by atoms with E-state index in [1.54, 1.807) is 0 Å². The van der Waals surface area contributed by atoms with Gasteiger partial charge >= 0.3 is 12.3 Å². The monoisotopic (exact) mass is 577 g/mol. The number of alkyl halides is 4. The first-order valence-corrected chi connectivity index (χ1v) is 13.1. The predicted octanol–water partition coefficient (Wildman–Crippen LogP) is 4.29. The summed E-state index contributed by atoms with van der Waals surface area (Å²) in [5, 5.41) is 4.53. The van der Waals surface area contributed by atoms with Crippen LogP contribution in [0.15, 0.2) is 47.4 Å². The van der Waals surface area contributed by atoms with E-state index >= 15 is 0 Å². The van der Waals surface area contributed by atoms with Crippen LogP contribution in [0.5, 0.6) is 5.75 Å². The van der Waals surface area contributed by atoms with Gasteiger partial charge < -0.3 is 14.8 Å². The van der Waals surface area contributed by atoms with E-state index in [2.05, 4.69) is 15.4 Å². The van der Waals surface area contributed by atoms with Gasteiger partial charge in [-0.1, -0.05) is 0 Å². The van der Waals surface area contributed by atoms with Crippen molar-refractivity contribution in [3.63, 3.8) is 0 Å². The standard InChI is InChI=1S/C24H24F5N3O6S/c1-22(2,24(27,28)29)38-21(34)31-15-5-8-19-18(11-15)32(39(35,36)17-6-3-14(25)4-7-17)13-16(37-19)12-30-20(33)23(26)9-10-23/h3-8,11,16H,9-10,12-13H2,1-2H3,(H,30,33)(H,31,34). The topological polar surface area (TPSA) is 114 Å². The van der Waals surface area contributed by atoms with Gasteiger partial charge in [0.25, 0.3) is 15.9 Å². The van der Waals surface area contributed by atoms with Crippen molar-refractivity contribution in [2.24, 2.45) is 0 Å². The molecule has 0 spiro atoms. The minimum absolute atomic E-state index is 0.0119. The van der Waals surface area contributed by atoms with Crippen LogP contribution < -0.4 is 19.7 Å². The molecule has 0 aromatic heterocycles. The molecule has 1 atom stereocenters. The predicted molar refractivity (Wildman–Crippen MR) is 128 cm³/mol. The number of sulfonamides is 1. The maximum absolute atomic E-state index is 14.0. The molecule has 0 radical (unpaired) electrons. The van der Waals surface area contributed by atoms with Crippen LogP contribution in [0.25, 0.3) is 0 Å². The van der Waals surface area contributed by atoms with Crippen LogP contribution in [0.3, 0.4) is 0 Å². The van der Waals surface area contributed by atoms with Crippen LogP contribution >= 0.6 is 0 Å². The van der Waals surface area contributed by atoms with E-state index in [9.17, 15) is 40.0 Å². The molecular formula is C24H24F5N3O6S. The third-order valence-electron chi connectivity index (χ3n) is 6.16. The Morgan fingerprint density at radius 1 is 1.13 bits per heavy atom. The Labute approximate surface area is 220 Å². The molecule has 0 saturated heterocycles. The second kappa shape index (κ2) is 9.84. The van der Waals surface area contributed by atoms with E-state index in [0.717, 1.165) is 34.6 Å². The van der Waals surface area contributed by atoms with Gasteiger partial charge in [0.05, 0.1) is 23.7 Å². The number of hydrogen-bond donors (Lipinski definition) is 2. The zero-order valence-electron chi connectivity index (χ0n) is 20.6. The lowest BCUT2D eigenvalue weighted by atomic mass is 10.1. The lowest BCUT2D eigenvalue weighted by molar-refractivity contribution is -0.242. The summed E-state index contributed by atoms with van der Waals surface area (Å²) in [5.41, 5.74) is -4.97. The Kier molecular flexibility index (Phi) is 7.17. The number of fused-ring (bicyclic) bond motifs is 1. The molecule has 1 unspecified atom stereocenters. The molecule has 15 heteroatoms. The Balaban J connectivity index is 1.61. The largest absolute Gasteiger partial charge is 0.484 e. The zero-order chi connectivity index (χ0) is 28.8. The Hall–Kier alpha value is -3.62. The number of halogens is 5. The highest BCUT2D eigenvalue weighted by molar-refractivity contribution is 7.92. The number of amides is 2. The van der Waals surface area contributed by atoms with Crippen molar-refractivity contribution in [2.75, 3.05) is 22.7 Å². The molecule has 2 aliphatic rings. The average Bonchev–Trinajstić information content (AvgIpc) is 3.59. The van der Waals surface area contributed by atoms with Gasteiger partial charge in [0.2, 0.25) is 5.60 Å². The Morgan fingerprint density at radius 3 is 2.36 bits per heavy atom. The molecule has 9 nitrogen and oxygen atoms in total. The van der Waals surface area contributed by atoms with E-state index in [4.69, 9.17) is 4.74 Å². The van der Waals surface area contributed by atoms with Gasteiger partial charge in [0, 0.05) is 5.69 Å². The van der Waals surface area contributed by atoms with Gasteiger partial charge in [-0.2, -0.15) is 13.2 Å². The number of nitrogens with one attached hydrogen (secondary N) is 2. The van der Waals surface area contributed by atoms with Crippen molar-refractivity contribution >= 4 is 33.4 Å². The quantitative estimate of drug-likeness (QED) is 0.475. The molecule has 2 aromatic rings. The number of carbonyl (C=O) groups is 2. The fourth-order valence-electron chi connectivity index (χ4n) is 3.59. The number of benzene rings is 2. The normalized spacial score (nSPS) is 18.4. The number of hydrogen-bond acceptors (Lipinski definition) is 6. The molecule has 2 amide bonds. The lowest BCUT2D eigenvalue weighted by Gasteiger charge is -2.36. The molecule has 1 heterocycles. The van der Waals surface area contributed by atoms with Gasteiger partial charge in [-0.05, 0) is 69.2 Å². The summed E-state index contributed by atoms with van der Waals surface area (Å²) in [6, 6.07) is 7.61. The number of rotatable bonds is 7. The lowest BCUT2D eigenvalue weighted by Crippen LogP contribution is -2.49. The summed E-state index contributed by atoms with van der Waals surface area (Å²) in [4.78, 5) is 23.9.